The van der Waals surface area contributed by atoms with Crippen molar-refractivity contribution in [1.82, 2.24) is 0 Å². The van der Waals surface area contributed by atoms with E-state index in [1.807, 2.05) is 43.3 Å². The Balaban J connectivity index is 1.62. The van der Waals surface area contributed by atoms with Gasteiger partial charge in [0.1, 0.15) is 23.7 Å². The van der Waals surface area contributed by atoms with Gasteiger partial charge in [0.25, 0.3) is 0 Å². The predicted molar refractivity (Wildman–Crippen MR) is 116 cm³/mol. The smallest absolute Gasteiger partial charge is 0.235 e. The van der Waals surface area contributed by atoms with Gasteiger partial charge in [-0.25, -0.2) is 0 Å². The van der Waals surface area contributed by atoms with E-state index >= 15 is 0 Å². The van der Waals surface area contributed by atoms with Crippen molar-refractivity contribution in [2.24, 2.45) is 0 Å². The predicted octanol–water partition coefficient (Wildman–Crippen LogP) is 5.79. The topological polar surface area (TPSA) is 57.9 Å². The zero-order valence-corrected chi connectivity index (χ0v) is 17.1. The van der Waals surface area contributed by atoms with Crippen molar-refractivity contribution in [1.29, 1.82) is 0 Å². The van der Waals surface area contributed by atoms with Crippen LogP contribution in [0.15, 0.2) is 75.9 Å². The first kappa shape index (κ1) is 19.6. The van der Waals surface area contributed by atoms with E-state index in [0.717, 1.165) is 5.56 Å². The van der Waals surface area contributed by atoms with Gasteiger partial charge in [-0.1, -0.05) is 42.0 Å². The number of rotatable bonds is 6. The van der Waals surface area contributed by atoms with Crippen LogP contribution in [0.2, 0.25) is 0 Å². The molecule has 152 valence electrons. The number of hydrogen-bond donors (Lipinski definition) is 0. The normalized spacial score (nSPS) is 10.8. The van der Waals surface area contributed by atoms with Crippen LogP contribution in [0.1, 0.15) is 16.9 Å². The molecule has 30 heavy (non-hydrogen) atoms. The lowest BCUT2D eigenvalue weighted by Gasteiger charge is -2.12. The van der Waals surface area contributed by atoms with E-state index < -0.39 is 0 Å². The lowest BCUT2D eigenvalue weighted by Crippen LogP contribution is -2.08. The maximum absolute atomic E-state index is 13.0. The standard InChI is InChI=1S/C25H22O5/c1-16-8-10-18(11-9-16)15-28-19-12-13-20-23(14-19)29-17(2)25(24(20)26)30-22-7-5-4-6-21(22)27-3/h4-14H,15H2,1-3H3. The van der Waals surface area contributed by atoms with Gasteiger partial charge in [-0.2, -0.15) is 0 Å². The number of aryl methyl sites for hydroxylation is 2. The first-order valence-corrected chi connectivity index (χ1v) is 9.62. The Kier molecular flexibility index (Phi) is 5.44. The summed E-state index contributed by atoms with van der Waals surface area (Å²) in [6.07, 6.45) is 0. The monoisotopic (exact) mass is 402 g/mol. The third kappa shape index (κ3) is 4.01. The maximum atomic E-state index is 13.0. The van der Waals surface area contributed by atoms with Crippen molar-refractivity contribution in [3.8, 4) is 23.0 Å². The second-order valence-corrected chi connectivity index (χ2v) is 7.00. The van der Waals surface area contributed by atoms with Gasteiger partial charge < -0.3 is 18.6 Å². The molecule has 0 saturated heterocycles. The fraction of sp³-hybridized carbons (Fsp3) is 0.160. The summed E-state index contributed by atoms with van der Waals surface area (Å²) in [5, 5.41) is 0.424. The number of methoxy groups -OCH3 is 1. The Morgan fingerprint density at radius 3 is 2.37 bits per heavy atom. The van der Waals surface area contributed by atoms with Crippen molar-refractivity contribution in [2.45, 2.75) is 20.5 Å². The summed E-state index contributed by atoms with van der Waals surface area (Å²) < 4.78 is 22.9. The second-order valence-electron chi connectivity index (χ2n) is 7.00. The molecule has 0 atom stereocenters. The molecule has 0 radical (unpaired) electrons. The van der Waals surface area contributed by atoms with E-state index in [-0.39, 0.29) is 11.2 Å². The fourth-order valence-electron chi connectivity index (χ4n) is 3.14. The Morgan fingerprint density at radius 2 is 1.63 bits per heavy atom. The Bertz CT molecular complexity index is 1240. The van der Waals surface area contributed by atoms with Crippen LogP contribution in [0, 0.1) is 13.8 Å². The third-order valence-corrected chi connectivity index (χ3v) is 4.79. The van der Waals surface area contributed by atoms with Crippen LogP contribution < -0.4 is 19.6 Å². The summed E-state index contributed by atoms with van der Waals surface area (Å²) in [7, 11) is 1.55. The minimum absolute atomic E-state index is 0.139. The van der Waals surface area contributed by atoms with E-state index in [4.69, 9.17) is 18.6 Å². The largest absolute Gasteiger partial charge is 0.493 e. The Hall–Kier alpha value is -3.73. The molecule has 0 bridgehead atoms. The first-order chi connectivity index (χ1) is 14.5. The molecule has 0 N–H and O–H groups in total. The van der Waals surface area contributed by atoms with Crippen molar-refractivity contribution in [3.63, 3.8) is 0 Å². The van der Waals surface area contributed by atoms with Crippen molar-refractivity contribution in [2.75, 3.05) is 7.11 Å². The summed E-state index contributed by atoms with van der Waals surface area (Å²) in [4.78, 5) is 13.0. The van der Waals surface area contributed by atoms with Crippen LogP contribution in [0.25, 0.3) is 11.0 Å². The highest BCUT2D eigenvalue weighted by atomic mass is 16.5. The number of hydrogen-bond acceptors (Lipinski definition) is 5. The van der Waals surface area contributed by atoms with Gasteiger partial charge in [-0.15, -0.1) is 0 Å². The molecule has 0 fully saturated rings. The van der Waals surface area contributed by atoms with Crippen molar-refractivity contribution >= 4 is 11.0 Å². The van der Waals surface area contributed by atoms with Crippen LogP contribution in [-0.2, 0) is 6.61 Å². The van der Waals surface area contributed by atoms with Crippen molar-refractivity contribution < 1.29 is 18.6 Å². The summed E-state index contributed by atoms with van der Waals surface area (Å²) in [6.45, 7) is 4.18. The molecule has 1 aromatic heterocycles. The summed E-state index contributed by atoms with van der Waals surface area (Å²) in [5.74, 6) is 2.14. The van der Waals surface area contributed by atoms with Crippen LogP contribution >= 0.6 is 0 Å². The second kappa shape index (κ2) is 8.33. The zero-order valence-electron chi connectivity index (χ0n) is 17.1. The quantitative estimate of drug-likeness (QED) is 0.409. The van der Waals surface area contributed by atoms with E-state index in [9.17, 15) is 4.79 Å². The highest BCUT2D eigenvalue weighted by molar-refractivity contribution is 5.79. The average molecular weight is 402 g/mol. The van der Waals surface area contributed by atoms with Gasteiger partial charge in [0.2, 0.25) is 11.2 Å². The molecule has 0 aliphatic rings. The molecule has 0 aliphatic heterocycles. The Labute approximate surface area is 174 Å². The van der Waals surface area contributed by atoms with E-state index in [1.165, 1.54) is 5.56 Å². The van der Waals surface area contributed by atoms with Crippen LogP contribution in [0.4, 0.5) is 0 Å². The minimum atomic E-state index is -0.246. The van der Waals surface area contributed by atoms with E-state index in [1.54, 1.807) is 44.4 Å². The highest BCUT2D eigenvalue weighted by Crippen LogP contribution is 2.32. The zero-order chi connectivity index (χ0) is 21.1. The summed E-state index contributed by atoms with van der Waals surface area (Å²) in [6, 6.07) is 20.5. The SMILES string of the molecule is COc1ccccc1Oc1c(C)oc2cc(OCc3ccc(C)cc3)ccc2c1=O. The molecular weight excluding hydrogens is 380 g/mol. The minimum Gasteiger partial charge on any atom is -0.493 e. The van der Waals surface area contributed by atoms with Crippen LogP contribution in [0.5, 0.6) is 23.0 Å². The van der Waals surface area contributed by atoms with Gasteiger partial charge in [0.05, 0.1) is 12.5 Å². The van der Waals surface area contributed by atoms with Gasteiger partial charge in [0.15, 0.2) is 11.5 Å². The van der Waals surface area contributed by atoms with E-state index in [0.29, 0.717) is 40.6 Å². The van der Waals surface area contributed by atoms with Crippen LogP contribution in [-0.4, -0.2) is 7.11 Å². The molecule has 3 aromatic carbocycles. The van der Waals surface area contributed by atoms with Crippen LogP contribution in [0.3, 0.4) is 0 Å². The average Bonchev–Trinajstić information content (AvgIpc) is 2.76. The lowest BCUT2D eigenvalue weighted by molar-refractivity contribution is 0.306. The lowest BCUT2D eigenvalue weighted by atomic mass is 10.1. The molecule has 0 unspecified atom stereocenters. The van der Waals surface area contributed by atoms with Gasteiger partial charge >= 0.3 is 0 Å². The van der Waals surface area contributed by atoms with Gasteiger partial charge in [-0.3, -0.25) is 4.79 Å². The number of ether oxygens (including phenoxy) is 3. The molecule has 0 spiro atoms. The van der Waals surface area contributed by atoms with E-state index in [2.05, 4.69) is 0 Å². The molecule has 5 heteroatoms. The molecule has 4 rings (SSSR count). The summed E-state index contributed by atoms with van der Waals surface area (Å²) in [5.41, 5.74) is 2.47. The molecular formula is C25H22O5. The molecule has 4 aromatic rings. The van der Waals surface area contributed by atoms with Gasteiger partial charge in [0, 0.05) is 6.07 Å². The maximum Gasteiger partial charge on any atom is 0.235 e. The molecule has 0 saturated carbocycles. The summed E-state index contributed by atoms with van der Waals surface area (Å²) >= 11 is 0. The number of fused-ring (bicyclic) bond motifs is 1. The van der Waals surface area contributed by atoms with Crippen molar-refractivity contribution in [3.05, 3.63) is 93.8 Å². The molecule has 1 heterocycles. The van der Waals surface area contributed by atoms with Gasteiger partial charge in [-0.05, 0) is 43.7 Å². The third-order valence-electron chi connectivity index (χ3n) is 4.79. The Morgan fingerprint density at radius 1 is 0.900 bits per heavy atom. The number of para-hydroxylation sites is 2. The highest BCUT2D eigenvalue weighted by Gasteiger charge is 2.16. The fourth-order valence-corrected chi connectivity index (χ4v) is 3.14. The molecule has 0 amide bonds. The molecule has 5 nitrogen and oxygen atoms in total. The molecule has 0 aliphatic carbocycles. The number of benzene rings is 3. The first-order valence-electron chi connectivity index (χ1n) is 9.62.